The van der Waals surface area contributed by atoms with Gasteiger partial charge >= 0.3 is 0 Å². The highest BCUT2D eigenvalue weighted by atomic mass is 16.2. The molecule has 0 bridgehead atoms. The van der Waals surface area contributed by atoms with Gasteiger partial charge in [0.2, 0.25) is 5.91 Å². The van der Waals surface area contributed by atoms with Crippen molar-refractivity contribution in [1.29, 1.82) is 0 Å². The molecule has 1 fully saturated rings. The smallest absolute Gasteiger partial charge is 0.224 e. The van der Waals surface area contributed by atoms with E-state index in [1.54, 1.807) is 0 Å². The quantitative estimate of drug-likeness (QED) is 0.927. The van der Waals surface area contributed by atoms with Crippen LogP contribution in [-0.4, -0.2) is 29.4 Å². The van der Waals surface area contributed by atoms with Gasteiger partial charge in [-0.25, -0.2) is 0 Å². The van der Waals surface area contributed by atoms with Crippen molar-refractivity contribution in [1.82, 2.24) is 10.2 Å². The van der Waals surface area contributed by atoms with Crippen LogP contribution >= 0.6 is 0 Å². The molecule has 1 aromatic rings. The van der Waals surface area contributed by atoms with E-state index in [9.17, 15) is 4.79 Å². The Labute approximate surface area is 128 Å². The van der Waals surface area contributed by atoms with Gasteiger partial charge in [0.15, 0.2) is 0 Å². The Balaban J connectivity index is 1.93. The number of carbonyl (C=O) groups is 1. The average Bonchev–Trinajstić information content (AvgIpc) is 2.37. The molecule has 1 amide bonds. The summed E-state index contributed by atoms with van der Waals surface area (Å²) in [4.78, 5) is 14.7. The van der Waals surface area contributed by atoms with Crippen LogP contribution in [-0.2, 0) is 11.3 Å². The minimum absolute atomic E-state index is 0.128. The van der Waals surface area contributed by atoms with Gasteiger partial charge in [0, 0.05) is 18.6 Å². The lowest BCUT2D eigenvalue weighted by Crippen LogP contribution is -2.48. The third-order valence-electron chi connectivity index (χ3n) is 3.86. The molecule has 1 aliphatic heterocycles. The number of hydrogen-bond donors (Lipinski definition) is 1. The standard InChI is InChI=1S/C18H28N2O/c1-14-7-5-8-15(11-14)12-20-10-6-9-16(13-20)17(21)19-18(2,3)4/h5,7-8,11,16H,6,9-10,12-13H2,1-4H3,(H,19,21). The normalized spacial score (nSPS) is 20.3. The maximum atomic E-state index is 12.3. The van der Waals surface area contributed by atoms with Gasteiger partial charge in [-0.05, 0) is 52.6 Å². The lowest BCUT2D eigenvalue weighted by atomic mass is 9.95. The van der Waals surface area contributed by atoms with E-state index >= 15 is 0 Å². The molecule has 2 rings (SSSR count). The molecule has 0 spiro atoms. The van der Waals surface area contributed by atoms with E-state index in [2.05, 4.69) is 41.4 Å². The molecule has 1 saturated heterocycles. The first-order chi connectivity index (χ1) is 9.83. The minimum atomic E-state index is -0.143. The van der Waals surface area contributed by atoms with Crippen LogP contribution in [0.15, 0.2) is 24.3 Å². The molecule has 0 aliphatic carbocycles. The summed E-state index contributed by atoms with van der Waals surface area (Å²) in [6, 6.07) is 8.64. The van der Waals surface area contributed by atoms with Crippen LogP contribution in [0.4, 0.5) is 0 Å². The summed E-state index contributed by atoms with van der Waals surface area (Å²) in [5, 5.41) is 3.12. The van der Waals surface area contributed by atoms with Crippen molar-refractivity contribution < 1.29 is 4.79 Å². The maximum absolute atomic E-state index is 12.3. The maximum Gasteiger partial charge on any atom is 0.224 e. The molecule has 1 atom stereocenters. The number of nitrogens with one attached hydrogen (secondary N) is 1. The topological polar surface area (TPSA) is 32.3 Å². The second kappa shape index (κ2) is 6.61. The number of carbonyl (C=O) groups excluding carboxylic acids is 1. The first-order valence-corrected chi connectivity index (χ1v) is 7.93. The fourth-order valence-electron chi connectivity index (χ4n) is 2.95. The summed E-state index contributed by atoms with van der Waals surface area (Å²) in [5.41, 5.74) is 2.49. The molecule has 1 unspecified atom stereocenters. The van der Waals surface area contributed by atoms with E-state index in [-0.39, 0.29) is 17.4 Å². The molecule has 1 aromatic carbocycles. The van der Waals surface area contributed by atoms with Crippen LogP contribution in [0.25, 0.3) is 0 Å². The number of aryl methyl sites for hydroxylation is 1. The van der Waals surface area contributed by atoms with Gasteiger partial charge < -0.3 is 5.32 Å². The zero-order chi connectivity index (χ0) is 15.5. The Hall–Kier alpha value is -1.35. The first-order valence-electron chi connectivity index (χ1n) is 7.93. The van der Waals surface area contributed by atoms with Crippen molar-refractivity contribution in [3.05, 3.63) is 35.4 Å². The van der Waals surface area contributed by atoms with E-state index in [0.717, 1.165) is 32.5 Å². The van der Waals surface area contributed by atoms with E-state index < -0.39 is 0 Å². The van der Waals surface area contributed by atoms with Crippen molar-refractivity contribution in [2.24, 2.45) is 5.92 Å². The molecule has 21 heavy (non-hydrogen) atoms. The summed E-state index contributed by atoms with van der Waals surface area (Å²) in [6.07, 6.45) is 2.11. The van der Waals surface area contributed by atoms with Crippen molar-refractivity contribution in [2.75, 3.05) is 13.1 Å². The SMILES string of the molecule is Cc1cccc(CN2CCCC(C(=O)NC(C)(C)C)C2)c1. The third-order valence-corrected chi connectivity index (χ3v) is 3.86. The van der Waals surface area contributed by atoms with Crippen molar-refractivity contribution in [3.63, 3.8) is 0 Å². The molecule has 0 radical (unpaired) electrons. The Bertz CT molecular complexity index is 490. The van der Waals surface area contributed by atoms with Gasteiger partial charge in [0.1, 0.15) is 0 Å². The number of nitrogens with zero attached hydrogens (tertiary/aromatic N) is 1. The molecular weight excluding hydrogens is 260 g/mol. The summed E-state index contributed by atoms with van der Waals surface area (Å²) in [5.74, 6) is 0.333. The summed E-state index contributed by atoms with van der Waals surface area (Å²) < 4.78 is 0. The average molecular weight is 288 g/mol. The third kappa shape index (κ3) is 5.16. The van der Waals surface area contributed by atoms with Gasteiger partial charge in [-0.3, -0.25) is 9.69 Å². The van der Waals surface area contributed by atoms with E-state index in [0.29, 0.717) is 0 Å². The molecule has 3 nitrogen and oxygen atoms in total. The number of piperidine rings is 1. The highest BCUT2D eigenvalue weighted by Crippen LogP contribution is 2.20. The molecule has 3 heteroatoms. The summed E-state index contributed by atoms with van der Waals surface area (Å²) >= 11 is 0. The lowest BCUT2D eigenvalue weighted by Gasteiger charge is -2.33. The summed E-state index contributed by atoms with van der Waals surface area (Å²) in [7, 11) is 0. The molecular formula is C18H28N2O. The Morgan fingerprint density at radius 3 is 2.81 bits per heavy atom. The molecule has 116 valence electrons. The molecule has 1 aliphatic rings. The second-order valence-electron chi connectivity index (χ2n) is 7.30. The van der Waals surface area contributed by atoms with Gasteiger partial charge in [-0.1, -0.05) is 29.8 Å². The fourth-order valence-corrected chi connectivity index (χ4v) is 2.95. The Kier molecular flexibility index (Phi) is 5.04. The monoisotopic (exact) mass is 288 g/mol. The van der Waals surface area contributed by atoms with E-state index in [1.165, 1.54) is 11.1 Å². The highest BCUT2D eigenvalue weighted by Gasteiger charge is 2.27. The largest absolute Gasteiger partial charge is 0.351 e. The fraction of sp³-hybridized carbons (Fsp3) is 0.611. The predicted octanol–water partition coefficient (Wildman–Crippen LogP) is 3.12. The number of likely N-dealkylation sites (tertiary alicyclic amines) is 1. The van der Waals surface area contributed by atoms with Crippen molar-refractivity contribution in [2.45, 2.75) is 52.6 Å². The highest BCUT2D eigenvalue weighted by molar-refractivity contribution is 5.79. The summed E-state index contributed by atoms with van der Waals surface area (Å²) in [6.45, 7) is 11.2. The van der Waals surface area contributed by atoms with Crippen LogP contribution in [0.5, 0.6) is 0 Å². The van der Waals surface area contributed by atoms with Crippen LogP contribution < -0.4 is 5.32 Å². The Morgan fingerprint density at radius 1 is 1.38 bits per heavy atom. The van der Waals surface area contributed by atoms with Crippen molar-refractivity contribution >= 4 is 5.91 Å². The number of amides is 1. The van der Waals surface area contributed by atoms with Crippen LogP contribution in [0.3, 0.4) is 0 Å². The number of hydrogen-bond acceptors (Lipinski definition) is 2. The Morgan fingerprint density at radius 2 is 2.14 bits per heavy atom. The zero-order valence-corrected chi connectivity index (χ0v) is 13.8. The molecule has 1 heterocycles. The predicted molar refractivity (Wildman–Crippen MR) is 87.1 cm³/mol. The van der Waals surface area contributed by atoms with Gasteiger partial charge in [-0.2, -0.15) is 0 Å². The molecule has 0 saturated carbocycles. The second-order valence-corrected chi connectivity index (χ2v) is 7.30. The van der Waals surface area contributed by atoms with Gasteiger partial charge in [0.05, 0.1) is 5.92 Å². The van der Waals surface area contributed by atoms with Crippen molar-refractivity contribution in [3.8, 4) is 0 Å². The molecule has 1 N–H and O–H groups in total. The zero-order valence-electron chi connectivity index (χ0n) is 13.8. The van der Waals surface area contributed by atoms with Gasteiger partial charge in [-0.15, -0.1) is 0 Å². The van der Waals surface area contributed by atoms with Crippen LogP contribution in [0.2, 0.25) is 0 Å². The van der Waals surface area contributed by atoms with E-state index in [4.69, 9.17) is 0 Å². The van der Waals surface area contributed by atoms with Gasteiger partial charge in [0.25, 0.3) is 0 Å². The minimum Gasteiger partial charge on any atom is -0.351 e. The van der Waals surface area contributed by atoms with Crippen LogP contribution in [0, 0.1) is 12.8 Å². The number of rotatable bonds is 3. The van der Waals surface area contributed by atoms with E-state index in [1.807, 2.05) is 20.8 Å². The number of benzene rings is 1. The first kappa shape index (κ1) is 16.0. The van der Waals surface area contributed by atoms with Crippen LogP contribution in [0.1, 0.15) is 44.7 Å². The lowest BCUT2D eigenvalue weighted by molar-refractivity contribution is -0.128. The molecule has 0 aromatic heterocycles.